The highest BCUT2D eigenvalue weighted by Crippen LogP contribution is 2.01. The fourth-order valence-corrected chi connectivity index (χ4v) is 1.47. The van der Waals surface area contributed by atoms with Crippen LogP contribution in [0.2, 0.25) is 0 Å². The van der Waals surface area contributed by atoms with E-state index >= 15 is 0 Å². The van der Waals surface area contributed by atoms with Gasteiger partial charge in [-0.15, -0.1) is 0 Å². The van der Waals surface area contributed by atoms with E-state index in [0.29, 0.717) is 13.0 Å². The Labute approximate surface area is 111 Å². The predicted molar refractivity (Wildman–Crippen MR) is 65.8 cm³/mol. The molecule has 0 spiro atoms. The third-order valence-corrected chi connectivity index (χ3v) is 2.39. The van der Waals surface area contributed by atoms with Crippen LogP contribution in [0, 0.1) is 0 Å². The van der Waals surface area contributed by atoms with Crippen LogP contribution < -0.4 is 5.32 Å². The highest BCUT2D eigenvalue weighted by Gasteiger charge is 2.23. The molecule has 2 amide bonds. The first-order valence-corrected chi connectivity index (χ1v) is 6.03. The maximum absolute atomic E-state index is 11.8. The van der Waals surface area contributed by atoms with Crippen molar-refractivity contribution >= 4 is 18.0 Å². The van der Waals surface area contributed by atoms with Gasteiger partial charge in [0, 0.05) is 19.5 Å². The van der Waals surface area contributed by atoms with Gasteiger partial charge in [-0.2, -0.15) is 0 Å². The topological polar surface area (TPSA) is 127 Å². The molecule has 0 saturated heterocycles. The summed E-state index contributed by atoms with van der Waals surface area (Å²) in [6, 6.07) is -1.87. The number of hydrogen-bond donors (Lipinski definition) is 4. The molecule has 4 N–H and O–H groups in total. The number of carbonyl (C=O) groups excluding carboxylic acids is 1. The van der Waals surface area contributed by atoms with E-state index in [1.54, 1.807) is 0 Å². The monoisotopic (exact) mass is 276 g/mol. The minimum absolute atomic E-state index is 0.102. The zero-order chi connectivity index (χ0) is 14.8. The number of carboxylic acids is 2. The van der Waals surface area contributed by atoms with Crippen molar-refractivity contribution in [3.05, 3.63) is 0 Å². The average molecular weight is 276 g/mol. The highest BCUT2D eigenvalue weighted by atomic mass is 16.4. The summed E-state index contributed by atoms with van der Waals surface area (Å²) in [5.41, 5.74) is 0. The van der Waals surface area contributed by atoms with Gasteiger partial charge in [0.2, 0.25) is 0 Å². The minimum Gasteiger partial charge on any atom is -0.481 e. The number of amides is 2. The van der Waals surface area contributed by atoms with Gasteiger partial charge in [-0.1, -0.05) is 6.92 Å². The van der Waals surface area contributed by atoms with E-state index in [4.69, 9.17) is 15.3 Å². The summed E-state index contributed by atoms with van der Waals surface area (Å²) >= 11 is 0. The lowest BCUT2D eigenvalue weighted by Gasteiger charge is -2.23. The molecule has 0 rings (SSSR count). The molecular formula is C11H20N2O6. The van der Waals surface area contributed by atoms with Gasteiger partial charge in [-0.3, -0.25) is 4.79 Å². The number of urea groups is 1. The van der Waals surface area contributed by atoms with Crippen molar-refractivity contribution in [2.75, 3.05) is 19.7 Å². The molecule has 0 aliphatic heterocycles. The molecule has 0 bridgehead atoms. The molecule has 0 radical (unpaired) electrons. The summed E-state index contributed by atoms with van der Waals surface area (Å²) in [7, 11) is 0. The van der Waals surface area contributed by atoms with E-state index in [0.717, 1.165) is 0 Å². The van der Waals surface area contributed by atoms with Crippen molar-refractivity contribution in [2.45, 2.75) is 32.2 Å². The number of hydrogen-bond acceptors (Lipinski definition) is 4. The molecule has 0 aliphatic carbocycles. The average Bonchev–Trinajstić information content (AvgIpc) is 2.33. The van der Waals surface area contributed by atoms with E-state index in [1.165, 1.54) is 4.90 Å². The second-order valence-electron chi connectivity index (χ2n) is 3.98. The van der Waals surface area contributed by atoms with Crippen LogP contribution >= 0.6 is 0 Å². The summed E-state index contributed by atoms with van der Waals surface area (Å²) < 4.78 is 0. The van der Waals surface area contributed by atoms with Crippen molar-refractivity contribution in [1.82, 2.24) is 10.2 Å². The molecule has 110 valence electrons. The molecule has 1 atom stereocenters. The number of aliphatic hydroxyl groups excluding tert-OH is 1. The standard InChI is InChI=1S/C11H20N2O6/c1-2-5-13(6-7-14)11(19)12-8(10(17)18)3-4-9(15)16/h8,14H,2-7H2,1H3,(H,12,19)(H,15,16)(H,17,18)/t8-/m0/s1. The number of carbonyl (C=O) groups is 3. The van der Waals surface area contributed by atoms with E-state index < -0.39 is 24.0 Å². The quantitative estimate of drug-likeness (QED) is 0.458. The molecule has 0 aromatic carbocycles. The van der Waals surface area contributed by atoms with Crippen molar-refractivity contribution in [1.29, 1.82) is 0 Å². The number of aliphatic hydroxyl groups is 1. The summed E-state index contributed by atoms with van der Waals surface area (Å²) in [5.74, 6) is -2.41. The fraction of sp³-hybridized carbons (Fsp3) is 0.727. The smallest absolute Gasteiger partial charge is 0.326 e. The van der Waals surface area contributed by atoms with Crippen molar-refractivity contribution in [2.24, 2.45) is 0 Å². The first kappa shape index (κ1) is 17.2. The van der Waals surface area contributed by atoms with Crippen molar-refractivity contribution in [3.63, 3.8) is 0 Å². The Kier molecular flexibility index (Phi) is 8.27. The summed E-state index contributed by atoms with van der Waals surface area (Å²) in [6.45, 7) is 2.11. The first-order valence-electron chi connectivity index (χ1n) is 6.03. The van der Waals surface area contributed by atoms with Crippen molar-refractivity contribution < 1.29 is 29.7 Å². The lowest BCUT2D eigenvalue weighted by molar-refractivity contribution is -0.140. The van der Waals surface area contributed by atoms with E-state index in [9.17, 15) is 14.4 Å². The Morgan fingerprint density at radius 1 is 1.21 bits per heavy atom. The van der Waals surface area contributed by atoms with Crippen LogP contribution in [0.4, 0.5) is 4.79 Å². The van der Waals surface area contributed by atoms with Crippen LogP contribution in [0.5, 0.6) is 0 Å². The Bertz CT molecular complexity index is 314. The van der Waals surface area contributed by atoms with Gasteiger partial charge in [-0.05, 0) is 12.8 Å². The second kappa shape index (κ2) is 9.15. The normalized spacial score (nSPS) is 11.7. The van der Waals surface area contributed by atoms with Crippen LogP contribution in [-0.4, -0.2) is 63.9 Å². The number of nitrogens with zero attached hydrogens (tertiary/aromatic N) is 1. The van der Waals surface area contributed by atoms with Gasteiger partial charge in [0.15, 0.2) is 0 Å². The van der Waals surface area contributed by atoms with Crippen LogP contribution in [0.1, 0.15) is 26.2 Å². The molecule has 0 saturated carbocycles. The van der Waals surface area contributed by atoms with E-state index in [2.05, 4.69) is 5.32 Å². The van der Waals surface area contributed by atoms with Gasteiger partial charge in [0.05, 0.1) is 6.61 Å². The maximum atomic E-state index is 11.8. The van der Waals surface area contributed by atoms with Crippen LogP contribution in [0.15, 0.2) is 0 Å². The van der Waals surface area contributed by atoms with E-state index in [-0.39, 0.29) is 26.0 Å². The Morgan fingerprint density at radius 2 is 1.84 bits per heavy atom. The largest absolute Gasteiger partial charge is 0.481 e. The predicted octanol–water partition coefficient (Wildman–Crippen LogP) is -0.282. The molecule has 8 heteroatoms. The fourth-order valence-electron chi connectivity index (χ4n) is 1.47. The van der Waals surface area contributed by atoms with Crippen molar-refractivity contribution in [3.8, 4) is 0 Å². The molecular weight excluding hydrogens is 256 g/mol. The SMILES string of the molecule is CCCN(CCO)C(=O)N[C@@H](CCC(=O)O)C(=O)O. The van der Waals surface area contributed by atoms with Crippen LogP contribution in [-0.2, 0) is 9.59 Å². The summed E-state index contributed by atoms with van der Waals surface area (Å²) in [5, 5.41) is 28.5. The molecule has 0 fully saturated rings. The highest BCUT2D eigenvalue weighted by molar-refractivity contribution is 5.83. The zero-order valence-electron chi connectivity index (χ0n) is 10.8. The molecule has 8 nitrogen and oxygen atoms in total. The first-order chi connectivity index (χ1) is 8.92. The number of rotatable bonds is 9. The van der Waals surface area contributed by atoms with Gasteiger partial charge in [-0.25, -0.2) is 9.59 Å². The third kappa shape index (κ3) is 7.24. The van der Waals surface area contributed by atoms with Gasteiger partial charge >= 0.3 is 18.0 Å². The molecule has 0 aromatic rings. The lowest BCUT2D eigenvalue weighted by Crippen LogP contribution is -2.49. The van der Waals surface area contributed by atoms with E-state index in [1.807, 2.05) is 6.92 Å². The Balaban J connectivity index is 4.49. The molecule has 0 heterocycles. The minimum atomic E-state index is -1.28. The Morgan fingerprint density at radius 3 is 2.26 bits per heavy atom. The number of aliphatic carboxylic acids is 2. The zero-order valence-corrected chi connectivity index (χ0v) is 10.8. The van der Waals surface area contributed by atoms with Crippen LogP contribution in [0.25, 0.3) is 0 Å². The van der Waals surface area contributed by atoms with Gasteiger partial charge in [0.1, 0.15) is 6.04 Å². The molecule has 19 heavy (non-hydrogen) atoms. The lowest BCUT2D eigenvalue weighted by atomic mass is 10.1. The molecule has 0 unspecified atom stereocenters. The maximum Gasteiger partial charge on any atom is 0.326 e. The van der Waals surface area contributed by atoms with Gasteiger partial charge < -0.3 is 25.5 Å². The van der Waals surface area contributed by atoms with Crippen LogP contribution in [0.3, 0.4) is 0 Å². The summed E-state index contributed by atoms with van der Waals surface area (Å²) in [6.07, 6.45) is 0.140. The van der Waals surface area contributed by atoms with Gasteiger partial charge in [0.25, 0.3) is 0 Å². The summed E-state index contributed by atoms with van der Waals surface area (Å²) in [4.78, 5) is 34.4. The third-order valence-electron chi connectivity index (χ3n) is 2.39. The second-order valence-corrected chi connectivity index (χ2v) is 3.98. The Hall–Kier alpha value is -1.83. The molecule has 0 aliphatic rings. The molecule has 0 aromatic heterocycles. The number of nitrogens with one attached hydrogen (secondary N) is 1. The number of carboxylic acid groups (broad SMARTS) is 2.